The van der Waals surface area contributed by atoms with Gasteiger partial charge in [-0.3, -0.25) is 4.79 Å². The molecule has 0 aliphatic rings. The first-order chi connectivity index (χ1) is 16.3. The summed E-state index contributed by atoms with van der Waals surface area (Å²) in [5, 5.41) is 5.13. The van der Waals surface area contributed by atoms with Crippen molar-refractivity contribution in [2.45, 2.75) is 19.0 Å². The van der Waals surface area contributed by atoms with Crippen LogP contribution in [0.15, 0.2) is 36.4 Å². The molecule has 190 valence electrons. The highest BCUT2D eigenvalue weighted by Gasteiger charge is 2.39. The van der Waals surface area contributed by atoms with E-state index in [2.05, 4.69) is 10.6 Å². The number of carbonyl (C=O) groups is 2. The molecular weight excluding hydrogens is 549 g/mol. The van der Waals surface area contributed by atoms with Crippen molar-refractivity contribution < 1.29 is 22.8 Å². The molecule has 0 fully saturated rings. The summed E-state index contributed by atoms with van der Waals surface area (Å²) in [6.07, 6.45) is -2.44. The molecule has 0 aliphatic carbocycles. The van der Waals surface area contributed by atoms with Crippen LogP contribution in [0.25, 0.3) is 6.08 Å². The largest absolute Gasteiger partial charge is 0.399 e. The molecule has 1 unspecified atom stereocenters. The van der Waals surface area contributed by atoms with Gasteiger partial charge in [-0.05, 0) is 42.3 Å². The third-order valence-electron chi connectivity index (χ3n) is 4.84. The molecule has 0 aliphatic heterocycles. The Bertz CT molecular complexity index is 1090. The van der Waals surface area contributed by atoms with Gasteiger partial charge < -0.3 is 15.5 Å². The third-order valence-corrected chi connectivity index (χ3v) is 6.35. The van der Waals surface area contributed by atoms with Crippen molar-refractivity contribution in [3.8, 4) is 0 Å². The van der Waals surface area contributed by atoms with Crippen molar-refractivity contribution in [1.82, 2.24) is 15.5 Å². The van der Waals surface area contributed by atoms with E-state index in [1.807, 2.05) is 0 Å². The number of alkyl halides is 3. The van der Waals surface area contributed by atoms with Crippen LogP contribution in [0.3, 0.4) is 0 Å². The monoisotopic (exact) mass is 569 g/mol. The number of rotatable bonds is 8. The number of carbonyl (C=O) groups excluding carboxylic acids is 2. The fourth-order valence-electron chi connectivity index (χ4n) is 3.01. The van der Waals surface area contributed by atoms with E-state index in [-0.39, 0.29) is 50.3 Å². The van der Waals surface area contributed by atoms with Gasteiger partial charge in [0.2, 0.25) is 0 Å². The molecule has 2 N–H and O–H groups in total. The Morgan fingerprint density at radius 3 is 2.20 bits per heavy atom. The molecule has 0 saturated carbocycles. The standard InChI is InChI=1S/C23H22Cl4F3N3O2/c1-3-31-22(35)33(2)9-8-32-21(34)15-6-4-13(10-17(15)24)5-7-16(23(28,29)30)14-11-18(25)20(27)19(26)12-14/h4-7,10-12,16H,3,8-9H2,1-2H3,(H,31,35)(H,32,34). The van der Waals surface area contributed by atoms with Crippen molar-refractivity contribution >= 4 is 64.4 Å². The average Bonchev–Trinajstić information content (AvgIpc) is 2.76. The van der Waals surface area contributed by atoms with E-state index in [0.717, 1.165) is 18.2 Å². The van der Waals surface area contributed by atoms with Crippen LogP contribution >= 0.6 is 46.4 Å². The Balaban J connectivity index is 2.14. The van der Waals surface area contributed by atoms with Crippen molar-refractivity contribution in [2.24, 2.45) is 0 Å². The lowest BCUT2D eigenvalue weighted by Gasteiger charge is -2.18. The zero-order valence-corrected chi connectivity index (χ0v) is 21.7. The van der Waals surface area contributed by atoms with Gasteiger partial charge in [0.1, 0.15) is 0 Å². The molecule has 0 heterocycles. The van der Waals surface area contributed by atoms with Crippen LogP contribution in [-0.2, 0) is 0 Å². The highest BCUT2D eigenvalue weighted by atomic mass is 35.5. The molecule has 3 amide bonds. The lowest BCUT2D eigenvalue weighted by molar-refractivity contribution is -0.139. The predicted molar refractivity (Wildman–Crippen MR) is 135 cm³/mol. The van der Waals surface area contributed by atoms with Gasteiger partial charge >= 0.3 is 12.2 Å². The molecule has 2 rings (SSSR count). The van der Waals surface area contributed by atoms with Crippen molar-refractivity contribution in [3.05, 3.63) is 73.2 Å². The summed E-state index contributed by atoms with van der Waals surface area (Å²) in [4.78, 5) is 25.5. The molecule has 1 atom stereocenters. The summed E-state index contributed by atoms with van der Waals surface area (Å²) < 4.78 is 41.1. The van der Waals surface area contributed by atoms with Gasteiger partial charge in [-0.15, -0.1) is 0 Å². The highest BCUT2D eigenvalue weighted by molar-refractivity contribution is 6.48. The number of nitrogens with zero attached hydrogens (tertiary/aromatic N) is 1. The minimum absolute atomic E-state index is 0.0292. The zero-order chi connectivity index (χ0) is 26.3. The minimum Gasteiger partial charge on any atom is -0.350 e. The van der Waals surface area contributed by atoms with Gasteiger partial charge in [-0.1, -0.05) is 64.6 Å². The topological polar surface area (TPSA) is 61.4 Å². The molecule has 2 aromatic carbocycles. The summed E-state index contributed by atoms with van der Waals surface area (Å²) in [7, 11) is 1.59. The fourth-order valence-corrected chi connectivity index (χ4v) is 3.90. The van der Waals surface area contributed by atoms with E-state index >= 15 is 0 Å². The molecule has 0 saturated heterocycles. The maximum Gasteiger partial charge on any atom is 0.399 e. The number of urea groups is 1. The molecule has 0 aromatic heterocycles. The van der Waals surface area contributed by atoms with Crippen molar-refractivity contribution in [1.29, 1.82) is 0 Å². The number of halogens is 7. The second kappa shape index (κ2) is 12.7. The van der Waals surface area contributed by atoms with E-state index in [0.29, 0.717) is 12.1 Å². The van der Waals surface area contributed by atoms with Gasteiger partial charge in [0.25, 0.3) is 5.91 Å². The van der Waals surface area contributed by atoms with Gasteiger partial charge in [-0.25, -0.2) is 4.79 Å². The number of hydrogen-bond donors (Lipinski definition) is 2. The SMILES string of the molecule is CCNC(=O)N(C)CCNC(=O)c1ccc(C=CC(c2cc(Cl)c(Cl)c(Cl)c2)C(F)(F)F)cc1Cl. The molecule has 5 nitrogen and oxygen atoms in total. The van der Waals surface area contributed by atoms with Gasteiger partial charge in [0.05, 0.1) is 31.6 Å². The number of likely N-dealkylation sites (N-methyl/N-ethyl adjacent to an activating group) is 1. The average molecular weight is 571 g/mol. The second-order valence-corrected chi connectivity index (χ2v) is 9.03. The fraction of sp³-hybridized carbons (Fsp3) is 0.304. The minimum atomic E-state index is -4.62. The summed E-state index contributed by atoms with van der Waals surface area (Å²) >= 11 is 23.8. The Morgan fingerprint density at radius 2 is 1.66 bits per heavy atom. The maximum atomic E-state index is 13.7. The van der Waals surface area contributed by atoms with Crippen LogP contribution in [0, 0.1) is 0 Å². The molecular formula is C23H22Cl4F3N3O2. The molecule has 2 aromatic rings. The quantitative estimate of drug-likeness (QED) is 0.334. The van der Waals surface area contributed by atoms with Crippen LogP contribution in [0.2, 0.25) is 20.1 Å². The first-order valence-electron chi connectivity index (χ1n) is 10.3. The Kier molecular flexibility index (Phi) is 10.6. The van der Waals surface area contributed by atoms with E-state index in [4.69, 9.17) is 46.4 Å². The molecule has 0 radical (unpaired) electrons. The van der Waals surface area contributed by atoms with E-state index in [9.17, 15) is 22.8 Å². The summed E-state index contributed by atoms with van der Waals surface area (Å²) in [5.74, 6) is -2.48. The summed E-state index contributed by atoms with van der Waals surface area (Å²) in [5.41, 5.74) is 0.323. The third kappa shape index (κ3) is 8.20. The normalized spacial score (nSPS) is 12.5. The van der Waals surface area contributed by atoms with Crippen LogP contribution in [0.4, 0.5) is 18.0 Å². The summed E-state index contributed by atoms with van der Waals surface area (Å²) in [6.45, 7) is 2.73. The Labute approximate surface area is 221 Å². The van der Waals surface area contributed by atoms with Crippen LogP contribution in [-0.4, -0.2) is 49.7 Å². The van der Waals surface area contributed by atoms with Crippen LogP contribution in [0.1, 0.15) is 34.3 Å². The molecule has 0 bridgehead atoms. The van der Waals surface area contributed by atoms with E-state index in [1.54, 1.807) is 14.0 Å². The summed E-state index contributed by atoms with van der Waals surface area (Å²) in [6, 6.07) is 6.21. The number of nitrogens with one attached hydrogen (secondary N) is 2. The van der Waals surface area contributed by atoms with Gasteiger partial charge in [-0.2, -0.15) is 13.2 Å². The van der Waals surface area contributed by atoms with Crippen molar-refractivity contribution in [2.75, 3.05) is 26.7 Å². The van der Waals surface area contributed by atoms with Gasteiger partial charge in [0.15, 0.2) is 0 Å². The smallest absolute Gasteiger partial charge is 0.350 e. The number of allylic oxidation sites excluding steroid dienone is 1. The lowest BCUT2D eigenvalue weighted by Crippen LogP contribution is -2.41. The van der Waals surface area contributed by atoms with Gasteiger partial charge in [0, 0.05) is 26.7 Å². The van der Waals surface area contributed by atoms with E-state index in [1.165, 1.54) is 29.2 Å². The Morgan fingerprint density at radius 1 is 1.03 bits per heavy atom. The first-order valence-corrected chi connectivity index (χ1v) is 11.8. The molecule has 0 spiro atoms. The zero-order valence-electron chi connectivity index (χ0n) is 18.6. The highest BCUT2D eigenvalue weighted by Crippen LogP contribution is 2.41. The molecule has 35 heavy (non-hydrogen) atoms. The first kappa shape index (κ1) is 29.1. The van der Waals surface area contributed by atoms with Crippen molar-refractivity contribution in [3.63, 3.8) is 0 Å². The second-order valence-electron chi connectivity index (χ2n) is 7.43. The number of hydrogen-bond acceptors (Lipinski definition) is 2. The molecule has 12 heteroatoms. The van der Waals surface area contributed by atoms with E-state index < -0.39 is 18.0 Å². The maximum absolute atomic E-state index is 13.7. The lowest BCUT2D eigenvalue weighted by atomic mass is 9.97. The Hall–Kier alpha value is -2.13. The predicted octanol–water partition coefficient (Wildman–Crippen LogP) is 7.05. The van der Waals surface area contributed by atoms with Crippen LogP contribution in [0.5, 0.6) is 0 Å². The number of benzene rings is 2. The number of amides is 3. The van der Waals surface area contributed by atoms with Crippen LogP contribution < -0.4 is 10.6 Å².